The van der Waals surface area contributed by atoms with Gasteiger partial charge in [0.1, 0.15) is 0 Å². The van der Waals surface area contributed by atoms with Crippen LogP contribution in [0.25, 0.3) is 6.08 Å². The Morgan fingerprint density at radius 3 is 1.83 bits per heavy atom. The molecule has 0 radical (unpaired) electrons. The molecule has 1 unspecified atom stereocenters. The van der Waals surface area contributed by atoms with Crippen molar-refractivity contribution in [3.05, 3.63) is 65.0 Å². The predicted molar refractivity (Wildman–Crippen MR) is 136 cm³/mol. The quantitative estimate of drug-likeness (QED) is 0.347. The van der Waals surface area contributed by atoms with Gasteiger partial charge in [0.2, 0.25) is 0 Å². The first-order chi connectivity index (χ1) is 13.1. The van der Waals surface area contributed by atoms with E-state index in [9.17, 15) is 0 Å². The first-order valence-corrected chi connectivity index (χ1v) is 21.9. The average Bonchev–Trinajstić information content (AvgIpc) is 3.18. The second-order valence-electron chi connectivity index (χ2n) is 12.0. The third-order valence-corrected chi connectivity index (χ3v) is 17.5. The van der Waals surface area contributed by atoms with Gasteiger partial charge in [0.05, 0.1) is 16.1 Å². The molecule has 0 amide bonds. The van der Waals surface area contributed by atoms with Crippen molar-refractivity contribution < 1.29 is 16.8 Å². The third kappa shape index (κ3) is 6.51. The molecule has 160 valence electrons. The fraction of sp³-hybridized carbons (Fsp3) is 0.520. The number of nitrogens with one attached hydrogen (secondary N) is 1. The summed E-state index contributed by atoms with van der Waals surface area (Å²) in [6.07, 6.45) is 4.80. The molecule has 1 nitrogen and oxygen atoms in total. The van der Waals surface area contributed by atoms with E-state index in [0.717, 1.165) is 4.22 Å². The van der Waals surface area contributed by atoms with Crippen LogP contribution < -0.4 is 3.80 Å². The minimum absolute atomic E-state index is 0.280. The fourth-order valence-corrected chi connectivity index (χ4v) is 16.2. The van der Waals surface area contributed by atoms with Gasteiger partial charge in [-0.15, -0.1) is 0 Å². The molecule has 1 fully saturated rings. The second-order valence-corrected chi connectivity index (χ2v) is 28.7. The molecule has 2 aliphatic rings. The van der Waals surface area contributed by atoms with Gasteiger partial charge in [0, 0.05) is 0 Å². The molecular weight excluding hydrogens is 418 g/mol. The Balaban J connectivity index is 0.000000223. The zero-order valence-electron chi connectivity index (χ0n) is 20.4. The predicted octanol–water partition coefficient (Wildman–Crippen LogP) is 7.92. The number of benzene rings is 1. The zero-order chi connectivity index (χ0) is 22.3. The van der Waals surface area contributed by atoms with Crippen LogP contribution in [0.2, 0.25) is 48.7 Å². The molecular formula is C25H43NSi2Ti. The van der Waals surface area contributed by atoms with Crippen LogP contribution in [-0.2, 0) is 16.8 Å². The summed E-state index contributed by atoms with van der Waals surface area (Å²) >= 11 is -1.79. The normalized spacial score (nSPS) is 19.8. The van der Waals surface area contributed by atoms with Crippen LogP contribution in [0.15, 0.2) is 53.9 Å². The molecule has 29 heavy (non-hydrogen) atoms. The Labute approximate surface area is 186 Å². The first kappa shape index (κ1) is 24.8. The van der Waals surface area contributed by atoms with Crippen molar-refractivity contribution in [2.24, 2.45) is 0 Å². The molecule has 1 saturated heterocycles. The van der Waals surface area contributed by atoms with Crippen LogP contribution in [0.1, 0.15) is 36.1 Å². The van der Waals surface area contributed by atoms with Crippen LogP contribution in [0, 0.1) is 0 Å². The molecule has 0 saturated carbocycles. The van der Waals surface area contributed by atoms with Gasteiger partial charge in [0.15, 0.2) is 0 Å². The summed E-state index contributed by atoms with van der Waals surface area (Å²) in [7, 11) is -2.39. The number of allylic oxidation sites excluding steroid dienone is 3. The van der Waals surface area contributed by atoms with E-state index in [0.29, 0.717) is 0 Å². The van der Waals surface area contributed by atoms with Gasteiger partial charge in [-0.25, -0.2) is 0 Å². The molecule has 3 rings (SSSR count). The van der Waals surface area contributed by atoms with E-state index in [2.05, 4.69) is 113 Å². The number of hydrogen-bond acceptors (Lipinski definition) is 1. The molecule has 1 aromatic rings. The molecule has 0 spiro atoms. The van der Waals surface area contributed by atoms with E-state index < -0.39 is 33.0 Å². The molecule has 0 bridgehead atoms. The van der Waals surface area contributed by atoms with E-state index in [1.807, 2.05) is 0 Å². The van der Waals surface area contributed by atoms with Gasteiger partial charge in [-0.3, -0.25) is 0 Å². The SMILES string of the molecule is C=C(C(=C)[Si](C)(C)C)[Si](C)(C)C.CC(C)(C)[NH][Ti]1([CH]2C=Cc3ccccc32)[CH2][CH2]1. The second kappa shape index (κ2) is 8.59. The summed E-state index contributed by atoms with van der Waals surface area (Å²) in [6, 6.07) is 8.92. The molecule has 1 aliphatic heterocycles. The average molecular weight is 462 g/mol. The van der Waals surface area contributed by atoms with Crippen molar-refractivity contribution in [2.75, 3.05) is 0 Å². The molecule has 4 heteroatoms. The van der Waals surface area contributed by atoms with Crippen molar-refractivity contribution in [1.82, 2.24) is 3.80 Å². The van der Waals surface area contributed by atoms with E-state index in [1.165, 1.54) is 25.4 Å². The Morgan fingerprint density at radius 1 is 0.931 bits per heavy atom. The van der Waals surface area contributed by atoms with E-state index in [1.54, 1.807) is 5.56 Å². The number of rotatable bonds is 5. The fourth-order valence-electron chi connectivity index (χ4n) is 4.03. The van der Waals surface area contributed by atoms with Crippen LogP contribution in [0.4, 0.5) is 0 Å². The topological polar surface area (TPSA) is 12.0 Å². The van der Waals surface area contributed by atoms with E-state index in [-0.39, 0.29) is 5.54 Å². The maximum atomic E-state index is 4.19. The Kier molecular flexibility index (Phi) is 7.35. The molecule has 1 aliphatic carbocycles. The summed E-state index contributed by atoms with van der Waals surface area (Å²) < 4.78 is 7.75. The van der Waals surface area contributed by atoms with Crippen LogP contribution in [-0.4, -0.2) is 21.7 Å². The van der Waals surface area contributed by atoms with Gasteiger partial charge in [-0.05, 0) is 0 Å². The summed E-state index contributed by atoms with van der Waals surface area (Å²) in [6.45, 7) is 29.3. The van der Waals surface area contributed by atoms with Gasteiger partial charge in [-0.1, -0.05) is 62.8 Å². The Hall–Kier alpha value is -0.452. The van der Waals surface area contributed by atoms with Gasteiger partial charge >= 0.3 is 108 Å². The standard InChI is InChI=1S/C10H22Si2.C9H7.C4H10N.C2H4.Ti/c1-9(11(3,4)5)10(2)12(6,7)8;1-2-5-9-7-3-6-8(9)4-1;1-4(2,3)5;1-2;/h1-2H2,3-8H3;1-7H;5H,1-3H3;1-2H2;/q;;-1;;+1. The van der Waals surface area contributed by atoms with Crippen LogP contribution in [0.3, 0.4) is 0 Å². The Morgan fingerprint density at radius 2 is 1.41 bits per heavy atom. The van der Waals surface area contributed by atoms with E-state index >= 15 is 0 Å². The molecule has 1 aromatic carbocycles. The van der Waals surface area contributed by atoms with Crippen molar-refractivity contribution in [3.63, 3.8) is 0 Å². The molecule has 1 atom stereocenters. The first-order valence-electron chi connectivity index (χ1n) is 11.0. The zero-order valence-corrected chi connectivity index (χ0v) is 23.9. The van der Waals surface area contributed by atoms with Crippen LogP contribution >= 0.6 is 0 Å². The van der Waals surface area contributed by atoms with Crippen LogP contribution in [0.5, 0.6) is 0 Å². The summed E-state index contributed by atoms with van der Waals surface area (Å²) in [5.74, 6) is 0. The van der Waals surface area contributed by atoms with E-state index in [4.69, 9.17) is 0 Å². The third-order valence-electron chi connectivity index (χ3n) is 5.98. The molecule has 1 heterocycles. The summed E-state index contributed by atoms with van der Waals surface area (Å²) in [4.78, 5) is 0. The number of fused-ring (bicyclic) bond motifs is 1. The Bertz CT molecular complexity index is 775. The van der Waals surface area contributed by atoms with Crippen molar-refractivity contribution in [3.8, 4) is 0 Å². The number of hydrogen-bond donors (Lipinski definition) is 1. The monoisotopic (exact) mass is 461 g/mol. The van der Waals surface area contributed by atoms with Gasteiger partial charge in [-0.2, -0.15) is 0 Å². The molecule has 0 aromatic heterocycles. The summed E-state index contributed by atoms with van der Waals surface area (Å²) in [5, 5.41) is 2.73. The van der Waals surface area contributed by atoms with Crippen molar-refractivity contribution in [1.29, 1.82) is 0 Å². The van der Waals surface area contributed by atoms with Crippen molar-refractivity contribution in [2.45, 2.75) is 79.3 Å². The molecule has 1 N–H and O–H groups in total. The van der Waals surface area contributed by atoms with Gasteiger partial charge in [0.25, 0.3) is 0 Å². The van der Waals surface area contributed by atoms with Crippen molar-refractivity contribution >= 4 is 22.2 Å². The summed E-state index contributed by atoms with van der Waals surface area (Å²) in [5.41, 5.74) is 3.31. The van der Waals surface area contributed by atoms with Gasteiger partial charge < -0.3 is 0 Å². The maximum absolute atomic E-state index is 4.19. The minimum atomic E-state index is -1.79.